The van der Waals surface area contributed by atoms with Crippen molar-refractivity contribution in [1.29, 1.82) is 0 Å². The second-order valence-corrected chi connectivity index (χ2v) is 12.3. The number of hydrogen-bond donors (Lipinski definition) is 0. The summed E-state index contributed by atoms with van der Waals surface area (Å²) in [5.74, 6) is 3.41. The van der Waals surface area contributed by atoms with Gasteiger partial charge in [0.25, 0.3) is 0 Å². The average Bonchev–Trinajstić information content (AvgIpc) is 3.20. The Morgan fingerprint density at radius 3 is 2.09 bits per heavy atom. The van der Waals surface area contributed by atoms with Gasteiger partial charge in [-0.2, -0.15) is 0 Å². The summed E-state index contributed by atoms with van der Waals surface area (Å²) in [6, 6.07) is 20.8. The fourth-order valence-electron chi connectivity index (χ4n) is 9.56. The van der Waals surface area contributed by atoms with E-state index in [-0.39, 0.29) is 10.8 Å². The van der Waals surface area contributed by atoms with Gasteiger partial charge < -0.3 is 0 Å². The van der Waals surface area contributed by atoms with Gasteiger partial charge in [0.1, 0.15) is 0 Å². The van der Waals surface area contributed by atoms with E-state index in [9.17, 15) is 0 Å². The maximum atomic E-state index is 7.15. The first-order valence-corrected chi connectivity index (χ1v) is 13.0. The van der Waals surface area contributed by atoms with Crippen LogP contribution in [0.2, 0.25) is 5.02 Å². The van der Waals surface area contributed by atoms with Crippen molar-refractivity contribution in [3.05, 3.63) is 81.9 Å². The van der Waals surface area contributed by atoms with Crippen LogP contribution >= 0.6 is 11.6 Å². The molecule has 0 aliphatic heterocycles. The Bertz CT molecular complexity index is 1300. The molecule has 0 nitrogen and oxygen atoms in total. The van der Waals surface area contributed by atoms with E-state index in [1.54, 1.807) is 11.1 Å². The van der Waals surface area contributed by atoms with Crippen LogP contribution in [0.15, 0.2) is 54.6 Å². The van der Waals surface area contributed by atoms with Gasteiger partial charge >= 0.3 is 0 Å². The van der Waals surface area contributed by atoms with Gasteiger partial charge in [-0.05, 0) is 106 Å². The summed E-state index contributed by atoms with van der Waals surface area (Å²) in [5.41, 5.74) is 12.1. The van der Waals surface area contributed by atoms with Crippen molar-refractivity contribution in [3.8, 4) is 22.3 Å². The summed E-state index contributed by atoms with van der Waals surface area (Å²) in [5, 5.41) is 1.01. The van der Waals surface area contributed by atoms with Crippen molar-refractivity contribution in [2.75, 3.05) is 0 Å². The quantitative estimate of drug-likeness (QED) is 0.332. The molecular formula is C31H29Cl. The lowest BCUT2D eigenvalue weighted by atomic mass is 9.43. The highest BCUT2D eigenvalue weighted by atomic mass is 35.5. The molecule has 32 heavy (non-hydrogen) atoms. The molecule has 6 aliphatic rings. The lowest BCUT2D eigenvalue weighted by molar-refractivity contribution is -0.0399. The third-order valence-corrected chi connectivity index (χ3v) is 10.6. The number of halogens is 1. The average molecular weight is 437 g/mol. The molecule has 0 N–H and O–H groups in total. The van der Waals surface area contributed by atoms with E-state index in [1.807, 2.05) is 0 Å². The zero-order valence-corrected chi connectivity index (χ0v) is 19.7. The van der Waals surface area contributed by atoms with E-state index in [1.165, 1.54) is 65.5 Å². The maximum absolute atomic E-state index is 7.15. The monoisotopic (exact) mass is 436 g/mol. The van der Waals surface area contributed by atoms with Crippen LogP contribution in [0.3, 0.4) is 0 Å². The lowest BCUT2D eigenvalue weighted by Gasteiger charge is -2.61. The second-order valence-electron chi connectivity index (χ2n) is 11.9. The minimum absolute atomic E-state index is 0.00824. The molecule has 6 aliphatic carbocycles. The third-order valence-electron chi connectivity index (χ3n) is 10.3. The van der Waals surface area contributed by atoms with Crippen molar-refractivity contribution in [1.82, 2.24) is 0 Å². The number of rotatable bonds is 0. The summed E-state index contributed by atoms with van der Waals surface area (Å²) in [4.78, 5) is 0. The van der Waals surface area contributed by atoms with Crippen molar-refractivity contribution in [2.24, 2.45) is 23.7 Å². The smallest absolute Gasteiger partial charge is 0.0453 e. The van der Waals surface area contributed by atoms with Crippen molar-refractivity contribution in [3.63, 3.8) is 0 Å². The highest BCUT2D eigenvalue weighted by molar-refractivity contribution is 6.32. The van der Waals surface area contributed by atoms with Crippen molar-refractivity contribution in [2.45, 2.75) is 56.8 Å². The zero-order valence-electron chi connectivity index (χ0n) is 18.9. The van der Waals surface area contributed by atoms with E-state index in [4.69, 9.17) is 11.6 Å². The van der Waals surface area contributed by atoms with Crippen LogP contribution in [0, 0.1) is 23.7 Å². The first kappa shape index (κ1) is 18.4. The van der Waals surface area contributed by atoms with E-state index < -0.39 is 0 Å². The number of benzene rings is 3. The lowest BCUT2D eigenvalue weighted by Crippen LogP contribution is -2.55. The molecule has 0 heterocycles. The van der Waals surface area contributed by atoms with Crippen LogP contribution in [-0.4, -0.2) is 0 Å². The Balaban J connectivity index is 1.50. The molecular weight excluding hydrogens is 408 g/mol. The maximum Gasteiger partial charge on any atom is 0.0453 e. The molecule has 3 aromatic carbocycles. The predicted octanol–water partition coefficient (Wildman–Crippen LogP) is 8.37. The van der Waals surface area contributed by atoms with Crippen molar-refractivity contribution < 1.29 is 0 Å². The summed E-state index contributed by atoms with van der Waals surface area (Å²) in [7, 11) is 0. The van der Waals surface area contributed by atoms with Crippen LogP contribution in [0.1, 0.15) is 68.2 Å². The Morgan fingerprint density at radius 1 is 0.656 bits per heavy atom. The van der Waals surface area contributed by atoms with Crippen LogP contribution in [0.25, 0.3) is 22.3 Å². The Morgan fingerprint density at radius 2 is 1.34 bits per heavy atom. The SMILES string of the molecule is CC1(C)c2ccccc2-c2ccc3c(c21)-c1cccc(Cl)c1C31C2CC3CC(C2)CC1C3. The molecule has 3 aromatic rings. The highest BCUT2D eigenvalue weighted by Gasteiger charge is 2.63. The molecule has 0 saturated heterocycles. The minimum Gasteiger partial charge on any atom is -0.0840 e. The third kappa shape index (κ3) is 1.88. The minimum atomic E-state index is 0.00824. The van der Waals surface area contributed by atoms with Gasteiger partial charge in [0.05, 0.1) is 0 Å². The van der Waals surface area contributed by atoms with Crippen LogP contribution in [0.4, 0.5) is 0 Å². The Labute approximate surface area is 196 Å². The summed E-state index contributed by atoms with van der Waals surface area (Å²) in [6.45, 7) is 4.87. The van der Waals surface area contributed by atoms with Gasteiger partial charge in [-0.3, -0.25) is 0 Å². The second kappa shape index (κ2) is 5.71. The van der Waals surface area contributed by atoms with Gasteiger partial charge in [-0.1, -0.05) is 74.0 Å². The van der Waals surface area contributed by atoms with E-state index in [2.05, 4.69) is 68.4 Å². The molecule has 4 fully saturated rings. The van der Waals surface area contributed by atoms with Crippen LogP contribution in [-0.2, 0) is 10.8 Å². The predicted molar refractivity (Wildman–Crippen MR) is 132 cm³/mol. The van der Waals surface area contributed by atoms with Gasteiger partial charge in [-0.25, -0.2) is 0 Å². The number of hydrogen-bond acceptors (Lipinski definition) is 0. The van der Waals surface area contributed by atoms with Gasteiger partial charge in [0.2, 0.25) is 0 Å². The van der Waals surface area contributed by atoms with E-state index in [0.717, 1.165) is 28.7 Å². The van der Waals surface area contributed by atoms with E-state index in [0.29, 0.717) is 0 Å². The van der Waals surface area contributed by atoms with Crippen molar-refractivity contribution >= 4 is 11.6 Å². The molecule has 0 unspecified atom stereocenters. The Hall–Kier alpha value is -2.05. The fourth-order valence-corrected chi connectivity index (χ4v) is 9.89. The molecule has 1 spiro atoms. The Kier molecular flexibility index (Phi) is 3.28. The topological polar surface area (TPSA) is 0 Å². The van der Waals surface area contributed by atoms with Crippen LogP contribution in [0.5, 0.6) is 0 Å². The number of fused-ring (bicyclic) bond motifs is 7. The molecule has 4 bridgehead atoms. The van der Waals surface area contributed by atoms with E-state index >= 15 is 0 Å². The molecule has 0 radical (unpaired) electrons. The molecule has 9 rings (SSSR count). The molecule has 1 heteroatoms. The fraction of sp³-hybridized carbons (Fsp3) is 0.419. The molecule has 160 valence electrons. The van der Waals surface area contributed by atoms with Gasteiger partial charge in [0.15, 0.2) is 0 Å². The van der Waals surface area contributed by atoms with Gasteiger partial charge in [-0.15, -0.1) is 0 Å². The first-order valence-electron chi connectivity index (χ1n) is 12.6. The summed E-state index contributed by atoms with van der Waals surface area (Å²) < 4.78 is 0. The van der Waals surface area contributed by atoms with Gasteiger partial charge in [0, 0.05) is 15.9 Å². The van der Waals surface area contributed by atoms with Crippen LogP contribution < -0.4 is 0 Å². The first-order chi connectivity index (χ1) is 15.5. The molecule has 0 amide bonds. The normalized spacial score (nSPS) is 33.8. The summed E-state index contributed by atoms with van der Waals surface area (Å²) in [6.07, 6.45) is 7.09. The standard InChI is InChI=1S/C31H29Cl/c1-30(2)24-8-4-3-6-21(24)22-10-11-25-27(29(22)30)23-7-5-9-26(32)28(23)31(25)19-13-17-12-18(15-19)16-20(31)14-17/h3-11,17-20H,12-16H2,1-2H3. The molecule has 0 atom stereocenters. The highest BCUT2D eigenvalue weighted by Crippen LogP contribution is 2.71. The molecule has 4 saturated carbocycles. The zero-order chi connectivity index (χ0) is 21.4. The summed E-state index contributed by atoms with van der Waals surface area (Å²) >= 11 is 7.15. The molecule has 0 aromatic heterocycles. The largest absolute Gasteiger partial charge is 0.0840 e.